The Bertz CT molecular complexity index is 336. The van der Waals surface area contributed by atoms with Gasteiger partial charge >= 0.3 is 0 Å². The lowest BCUT2D eigenvalue weighted by molar-refractivity contribution is 0.505. The number of hydrazine groups is 1. The van der Waals surface area contributed by atoms with Crippen LogP contribution in [0.1, 0.15) is 18.9 Å². The van der Waals surface area contributed by atoms with Crippen LogP contribution in [0, 0.1) is 5.82 Å². The molecule has 0 aliphatic carbocycles. The zero-order valence-electron chi connectivity index (χ0n) is 8.96. The molecule has 1 aromatic carbocycles. The molecule has 0 aromatic heterocycles. The maximum absolute atomic E-state index is 13.3. The predicted molar refractivity (Wildman–Crippen MR) is 60.6 cm³/mol. The maximum Gasteiger partial charge on any atom is 0.126 e. The van der Waals surface area contributed by atoms with Gasteiger partial charge in [0.2, 0.25) is 0 Å². The van der Waals surface area contributed by atoms with Crippen LogP contribution in [0.15, 0.2) is 36.4 Å². The summed E-state index contributed by atoms with van der Waals surface area (Å²) >= 11 is 0. The van der Waals surface area contributed by atoms with Gasteiger partial charge in [-0.15, -0.1) is 6.58 Å². The third-order valence-electron chi connectivity index (χ3n) is 2.25. The highest BCUT2D eigenvalue weighted by Gasteiger charge is 2.10. The van der Waals surface area contributed by atoms with Crippen molar-refractivity contribution in [2.75, 3.05) is 0 Å². The van der Waals surface area contributed by atoms with E-state index in [2.05, 4.69) is 12.0 Å². The number of rotatable bonds is 5. The molecule has 1 unspecified atom stereocenters. The van der Waals surface area contributed by atoms with Crippen LogP contribution in [-0.4, -0.2) is 6.04 Å². The SMILES string of the molecule is C=C(C)CC(Cc1ccccc1F)NN. The van der Waals surface area contributed by atoms with Gasteiger partial charge < -0.3 is 0 Å². The molecule has 0 amide bonds. The van der Waals surface area contributed by atoms with Gasteiger partial charge in [-0.2, -0.15) is 0 Å². The summed E-state index contributed by atoms with van der Waals surface area (Å²) in [6.45, 7) is 5.75. The molecule has 1 aromatic rings. The second-order valence-electron chi connectivity index (χ2n) is 3.82. The third-order valence-corrected chi connectivity index (χ3v) is 2.25. The van der Waals surface area contributed by atoms with E-state index < -0.39 is 0 Å². The molecule has 0 radical (unpaired) electrons. The summed E-state index contributed by atoms with van der Waals surface area (Å²) in [5, 5.41) is 0. The highest BCUT2D eigenvalue weighted by Crippen LogP contribution is 2.12. The normalized spacial score (nSPS) is 12.5. The highest BCUT2D eigenvalue weighted by molar-refractivity contribution is 5.18. The number of nitrogens with two attached hydrogens (primary N) is 1. The van der Waals surface area contributed by atoms with Gasteiger partial charge in [0.25, 0.3) is 0 Å². The molecule has 1 rings (SSSR count). The van der Waals surface area contributed by atoms with Gasteiger partial charge in [-0.1, -0.05) is 23.8 Å². The van der Waals surface area contributed by atoms with E-state index in [4.69, 9.17) is 5.84 Å². The van der Waals surface area contributed by atoms with Crippen LogP contribution in [0.25, 0.3) is 0 Å². The first kappa shape index (κ1) is 11.9. The van der Waals surface area contributed by atoms with Gasteiger partial charge in [-0.05, 0) is 31.4 Å². The molecule has 3 N–H and O–H groups in total. The number of hydrogen-bond donors (Lipinski definition) is 2. The van der Waals surface area contributed by atoms with Crippen LogP contribution < -0.4 is 11.3 Å². The predicted octanol–water partition coefficient (Wildman–Crippen LogP) is 2.17. The van der Waals surface area contributed by atoms with Crippen molar-refractivity contribution in [2.24, 2.45) is 5.84 Å². The van der Waals surface area contributed by atoms with Crippen LogP contribution in [0.3, 0.4) is 0 Å². The van der Waals surface area contributed by atoms with Crippen LogP contribution in [0.2, 0.25) is 0 Å². The Balaban J connectivity index is 2.66. The van der Waals surface area contributed by atoms with Crippen molar-refractivity contribution >= 4 is 0 Å². The summed E-state index contributed by atoms with van der Waals surface area (Å²) in [6, 6.07) is 6.79. The molecule has 0 aliphatic rings. The zero-order chi connectivity index (χ0) is 11.3. The molecule has 0 spiro atoms. The maximum atomic E-state index is 13.3. The summed E-state index contributed by atoms with van der Waals surface area (Å²) in [4.78, 5) is 0. The van der Waals surface area contributed by atoms with E-state index in [1.165, 1.54) is 6.07 Å². The molecule has 82 valence electrons. The Morgan fingerprint density at radius 3 is 2.73 bits per heavy atom. The molecule has 1 atom stereocenters. The van der Waals surface area contributed by atoms with Crippen molar-refractivity contribution < 1.29 is 4.39 Å². The summed E-state index contributed by atoms with van der Waals surface area (Å²) in [7, 11) is 0. The van der Waals surface area contributed by atoms with Crippen molar-refractivity contribution in [1.29, 1.82) is 0 Å². The van der Waals surface area contributed by atoms with E-state index in [0.29, 0.717) is 12.0 Å². The molecule has 0 aliphatic heterocycles. The lowest BCUT2D eigenvalue weighted by Crippen LogP contribution is -2.37. The van der Waals surface area contributed by atoms with Crippen LogP contribution >= 0.6 is 0 Å². The smallest absolute Gasteiger partial charge is 0.126 e. The van der Waals surface area contributed by atoms with Gasteiger partial charge in [-0.3, -0.25) is 11.3 Å². The van der Waals surface area contributed by atoms with E-state index in [1.807, 2.05) is 13.0 Å². The standard InChI is InChI=1S/C12H17FN2/c1-9(2)7-11(15-14)8-10-5-3-4-6-12(10)13/h3-6,11,15H,1,7-8,14H2,2H3. The van der Waals surface area contributed by atoms with Gasteiger partial charge in [-0.25, -0.2) is 4.39 Å². The van der Waals surface area contributed by atoms with Gasteiger partial charge in [0, 0.05) is 6.04 Å². The lowest BCUT2D eigenvalue weighted by Gasteiger charge is -2.16. The van der Waals surface area contributed by atoms with Crippen molar-refractivity contribution in [3.63, 3.8) is 0 Å². The minimum absolute atomic E-state index is 0.0411. The zero-order valence-corrected chi connectivity index (χ0v) is 8.96. The summed E-state index contributed by atoms with van der Waals surface area (Å²) < 4.78 is 13.3. The fraction of sp³-hybridized carbons (Fsp3) is 0.333. The van der Waals surface area contributed by atoms with E-state index >= 15 is 0 Å². The first-order chi connectivity index (χ1) is 7.13. The summed E-state index contributed by atoms with van der Waals surface area (Å²) in [5.41, 5.74) is 4.40. The Morgan fingerprint density at radius 1 is 1.53 bits per heavy atom. The van der Waals surface area contributed by atoms with Crippen molar-refractivity contribution in [3.05, 3.63) is 47.8 Å². The van der Waals surface area contributed by atoms with Crippen LogP contribution in [0.5, 0.6) is 0 Å². The van der Waals surface area contributed by atoms with E-state index in [1.54, 1.807) is 12.1 Å². The van der Waals surface area contributed by atoms with Gasteiger partial charge in [0.1, 0.15) is 5.82 Å². The minimum Gasteiger partial charge on any atom is -0.271 e. The molecule has 0 heterocycles. The van der Waals surface area contributed by atoms with Crippen LogP contribution in [-0.2, 0) is 6.42 Å². The quantitative estimate of drug-likeness (QED) is 0.442. The van der Waals surface area contributed by atoms with Crippen molar-refractivity contribution in [3.8, 4) is 0 Å². The Labute approximate surface area is 90.0 Å². The first-order valence-corrected chi connectivity index (χ1v) is 4.97. The fourth-order valence-corrected chi connectivity index (χ4v) is 1.54. The average Bonchev–Trinajstić information content (AvgIpc) is 2.19. The molecule has 0 saturated heterocycles. The van der Waals surface area contributed by atoms with E-state index in [0.717, 1.165) is 12.0 Å². The average molecular weight is 208 g/mol. The molecule has 15 heavy (non-hydrogen) atoms. The van der Waals surface area contributed by atoms with Gasteiger partial charge in [0.15, 0.2) is 0 Å². The number of hydrogen-bond acceptors (Lipinski definition) is 2. The molecule has 0 saturated carbocycles. The van der Waals surface area contributed by atoms with E-state index in [9.17, 15) is 4.39 Å². The number of benzene rings is 1. The molecular weight excluding hydrogens is 191 g/mol. The fourth-order valence-electron chi connectivity index (χ4n) is 1.54. The summed E-state index contributed by atoms with van der Waals surface area (Å²) in [5.74, 6) is 5.22. The number of halogens is 1. The second kappa shape index (κ2) is 5.63. The molecule has 0 fully saturated rings. The van der Waals surface area contributed by atoms with E-state index in [-0.39, 0.29) is 11.9 Å². The Kier molecular flexibility index (Phi) is 4.46. The molecule has 3 heteroatoms. The van der Waals surface area contributed by atoms with Gasteiger partial charge in [0.05, 0.1) is 0 Å². The van der Waals surface area contributed by atoms with Crippen molar-refractivity contribution in [2.45, 2.75) is 25.8 Å². The second-order valence-corrected chi connectivity index (χ2v) is 3.82. The summed E-state index contributed by atoms with van der Waals surface area (Å²) in [6.07, 6.45) is 1.33. The minimum atomic E-state index is -0.181. The lowest BCUT2D eigenvalue weighted by atomic mass is 10.0. The molecular formula is C12H17FN2. The monoisotopic (exact) mass is 208 g/mol. The third kappa shape index (κ3) is 3.81. The molecule has 2 nitrogen and oxygen atoms in total. The van der Waals surface area contributed by atoms with Crippen LogP contribution in [0.4, 0.5) is 4.39 Å². The highest BCUT2D eigenvalue weighted by atomic mass is 19.1. The Morgan fingerprint density at radius 2 is 2.20 bits per heavy atom. The molecule has 0 bridgehead atoms. The first-order valence-electron chi connectivity index (χ1n) is 4.97. The van der Waals surface area contributed by atoms with Crippen molar-refractivity contribution in [1.82, 2.24) is 5.43 Å². The topological polar surface area (TPSA) is 38.0 Å². The number of nitrogens with one attached hydrogen (secondary N) is 1. The largest absolute Gasteiger partial charge is 0.271 e. The Hall–Kier alpha value is -1.19.